The van der Waals surface area contributed by atoms with Gasteiger partial charge in [0.1, 0.15) is 11.8 Å². The molecule has 1 N–H and O–H groups in total. The van der Waals surface area contributed by atoms with Crippen molar-refractivity contribution in [3.05, 3.63) is 53.6 Å². The highest BCUT2D eigenvalue weighted by Crippen LogP contribution is 2.33. The van der Waals surface area contributed by atoms with Crippen molar-refractivity contribution in [1.82, 2.24) is 19.8 Å². The third-order valence-electron chi connectivity index (χ3n) is 5.11. The molecule has 3 heterocycles. The highest BCUT2D eigenvalue weighted by molar-refractivity contribution is 5.94. The molecular formula is C19H22N4O3. The molecule has 2 aliphatic heterocycles. The molecular weight excluding hydrogens is 332 g/mol. The number of H-pyrrole nitrogens is 1. The van der Waals surface area contributed by atoms with E-state index >= 15 is 0 Å². The number of fused-ring (bicyclic) bond motifs is 1. The van der Waals surface area contributed by atoms with E-state index < -0.39 is 0 Å². The van der Waals surface area contributed by atoms with Gasteiger partial charge < -0.3 is 14.6 Å². The Morgan fingerprint density at radius 3 is 2.81 bits per heavy atom. The number of piperazine rings is 1. The zero-order valence-corrected chi connectivity index (χ0v) is 14.6. The number of hydrogen-bond acceptors (Lipinski definition) is 5. The SMILES string of the molecule is O=C1OC(CCCN2CCN(C(=O)c3cnc[nH]3)CC2)c2ccccc21. The molecule has 2 aromatic rings. The molecule has 0 saturated carbocycles. The fourth-order valence-corrected chi connectivity index (χ4v) is 3.65. The number of benzene rings is 1. The van der Waals surface area contributed by atoms with Crippen molar-refractivity contribution >= 4 is 11.9 Å². The Bertz CT molecular complexity index is 782. The molecule has 4 rings (SSSR count). The van der Waals surface area contributed by atoms with Crippen LogP contribution in [-0.4, -0.2) is 64.4 Å². The number of ether oxygens (including phenoxy) is 1. The Kier molecular flexibility index (Phi) is 4.71. The van der Waals surface area contributed by atoms with E-state index in [-0.39, 0.29) is 18.0 Å². The summed E-state index contributed by atoms with van der Waals surface area (Å²) in [5.41, 5.74) is 2.25. The molecule has 7 nitrogen and oxygen atoms in total. The van der Waals surface area contributed by atoms with Crippen LogP contribution < -0.4 is 0 Å². The van der Waals surface area contributed by atoms with Gasteiger partial charge in [-0.15, -0.1) is 0 Å². The van der Waals surface area contributed by atoms with Crippen molar-refractivity contribution in [2.75, 3.05) is 32.7 Å². The van der Waals surface area contributed by atoms with Crippen molar-refractivity contribution in [2.45, 2.75) is 18.9 Å². The first-order valence-electron chi connectivity index (χ1n) is 9.02. The number of nitrogens with one attached hydrogen (secondary N) is 1. The van der Waals surface area contributed by atoms with E-state index in [9.17, 15) is 9.59 Å². The minimum Gasteiger partial charge on any atom is -0.454 e. The summed E-state index contributed by atoms with van der Waals surface area (Å²) >= 11 is 0. The molecule has 1 saturated heterocycles. The first-order chi connectivity index (χ1) is 12.7. The van der Waals surface area contributed by atoms with Crippen LogP contribution in [0.2, 0.25) is 0 Å². The lowest BCUT2D eigenvalue weighted by atomic mass is 10.0. The molecule has 1 amide bonds. The topological polar surface area (TPSA) is 78.5 Å². The maximum absolute atomic E-state index is 12.3. The molecule has 1 aromatic carbocycles. The molecule has 0 bridgehead atoms. The summed E-state index contributed by atoms with van der Waals surface area (Å²) in [4.78, 5) is 35.1. The van der Waals surface area contributed by atoms with Crippen molar-refractivity contribution < 1.29 is 14.3 Å². The summed E-state index contributed by atoms with van der Waals surface area (Å²) in [7, 11) is 0. The van der Waals surface area contributed by atoms with Gasteiger partial charge >= 0.3 is 5.97 Å². The lowest BCUT2D eigenvalue weighted by molar-refractivity contribution is 0.0353. The van der Waals surface area contributed by atoms with E-state index in [1.807, 2.05) is 29.2 Å². The number of aromatic amines is 1. The Morgan fingerprint density at radius 2 is 2.04 bits per heavy atom. The van der Waals surface area contributed by atoms with Gasteiger partial charge in [-0.3, -0.25) is 9.69 Å². The predicted octanol–water partition coefficient (Wildman–Crippen LogP) is 1.86. The van der Waals surface area contributed by atoms with Gasteiger partial charge in [-0.2, -0.15) is 0 Å². The predicted molar refractivity (Wildman–Crippen MR) is 94.8 cm³/mol. The summed E-state index contributed by atoms with van der Waals surface area (Å²) < 4.78 is 5.49. The van der Waals surface area contributed by atoms with Crippen LogP contribution in [0, 0.1) is 0 Å². The van der Waals surface area contributed by atoms with Crippen molar-refractivity contribution in [2.24, 2.45) is 0 Å². The smallest absolute Gasteiger partial charge is 0.339 e. The molecule has 0 aliphatic carbocycles. The van der Waals surface area contributed by atoms with Crippen LogP contribution in [0.4, 0.5) is 0 Å². The highest BCUT2D eigenvalue weighted by atomic mass is 16.5. The van der Waals surface area contributed by atoms with Gasteiger partial charge in [0.05, 0.1) is 18.1 Å². The van der Waals surface area contributed by atoms with E-state index in [1.54, 1.807) is 6.20 Å². The van der Waals surface area contributed by atoms with Gasteiger partial charge in [0.2, 0.25) is 0 Å². The quantitative estimate of drug-likeness (QED) is 0.829. The largest absolute Gasteiger partial charge is 0.454 e. The minimum absolute atomic E-state index is 0.0108. The number of carbonyl (C=O) groups is 2. The van der Waals surface area contributed by atoms with Crippen LogP contribution in [0.5, 0.6) is 0 Å². The molecule has 2 aliphatic rings. The summed E-state index contributed by atoms with van der Waals surface area (Å²) in [5, 5.41) is 0. The van der Waals surface area contributed by atoms with Crippen molar-refractivity contribution in [3.63, 3.8) is 0 Å². The van der Waals surface area contributed by atoms with Crippen LogP contribution in [0.3, 0.4) is 0 Å². The molecule has 1 atom stereocenters. The number of esters is 1. The summed E-state index contributed by atoms with van der Waals surface area (Å²) in [6, 6.07) is 7.62. The Morgan fingerprint density at radius 1 is 1.23 bits per heavy atom. The average molecular weight is 354 g/mol. The van der Waals surface area contributed by atoms with Crippen LogP contribution in [0.1, 0.15) is 45.4 Å². The van der Waals surface area contributed by atoms with E-state index in [0.29, 0.717) is 11.3 Å². The monoisotopic (exact) mass is 354 g/mol. The van der Waals surface area contributed by atoms with E-state index in [1.165, 1.54) is 6.33 Å². The van der Waals surface area contributed by atoms with Gasteiger partial charge in [-0.1, -0.05) is 18.2 Å². The Balaban J connectivity index is 1.22. The maximum atomic E-state index is 12.3. The van der Waals surface area contributed by atoms with Crippen LogP contribution in [0.25, 0.3) is 0 Å². The third-order valence-corrected chi connectivity index (χ3v) is 5.11. The normalized spacial score (nSPS) is 20.1. The lowest BCUT2D eigenvalue weighted by Gasteiger charge is -2.34. The number of rotatable bonds is 5. The second-order valence-electron chi connectivity index (χ2n) is 6.72. The first-order valence-corrected chi connectivity index (χ1v) is 9.02. The fourth-order valence-electron chi connectivity index (χ4n) is 3.65. The van der Waals surface area contributed by atoms with E-state index in [0.717, 1.165) is 51.1 Å². The van der Waals surface area contributed by atoms with Gasteiger partial charge in [0.15, 0.2) is 0 Å². The Hall–Kier alpha value is -2.67. The van der Waals surface area contributed by atoms with Crippen molar-refractivity contribution in [1.29, 1.82) is 0 Å². The zero-order chi connectivity index (χ0) is 17.9. The summed E-state index contributed by atoms with van der Waals surface area (Å²) in [6.45, 7) is 4.11. The van der Waals surface area contributed by atoms with Crippen molar-refractivity contribution in [3.8, 4) is 0 Å². The molecule has 7 heteroatoms. The van der Waals surface area contributed by atoms with E-state index in [2.05, 4.69) is 14.9 Å². The van der Waals surface area contributed by atoms with Gasteiger partial charge in [-0.25, -0.2) is 9.78 Å². The second-order valence-corrected chi connectivity index (χ2v) is 6.72. The number of amides is 1. The summed E-state index contributed by atoms with van der Waals surface area (Å²) in [6.07, 6.45) is 4.76. The molecule has 136 valence electrons. The van der Waals surface area contributed by atoms with Gasteiger partial charge in [0.25, 0.3) is 5.91 Å². The first kappa shape index (κ1) is 16.8. The molecule has 1 aromatic heterocycles. The number of imidazole rings is 1. The van der Waals surface area contributed by atoms with Crippen LogP contribution in [-0.2, 0) is 4.74 Å². The number of hydrogen-bond donors (Lipinski definition) is 1. The van der Waals surface area contributed by atoms with Gasteiger partial charge in [0, 0.05) is 31.7 Å². The molecule has 1 unspecified atom stereocenters. The zero-order valence-electron chi connectivity index (χ0n) is 14.6. The standard InChI is InChI=1S/C19H22N4O3/c24-18(16-12-20-13-21-16)23-10-8-22(9-11-23)7-3-6-17-14-4-1-2-5-15(14)19(25)26-17/h1-2,4-5,12-13,17H,3,6-11H2,(H,20,21). The number of aromatic nitrogens is 2. The lowest BCUT2D eigenvalue weighted by Crippen LogP contribution is -2.48. The second kappa shape index (κ2) is 7.29. The Labute approximate surface area is 152 Å². The molecule has 0 radical (unpaired) electrons. The third kappa shape index (κ3) is 3.35. The number of nitrogens with zero attached hydrogens (tertiary/aromatic N) is 3. The fraction of sp³-hybridized carbons (Fsp3) is 0.421. The molecule has 0 spiro atoms. The number of cyclic esters (lactones) is 1. The van der Waals surface area contributed by atoms with Crippen LogP contribution >= 0.6 is 0 Å². The minimum atomic E-state index is -0.212. The van der Waals surface area contributed by atoms with Gasteiger partial charge in [-0.05, 0) is 25.5 Å². The number of carbonyl (C=O) groups excluding carboxylic acids is 2. The van der Waals surface area contributed by atoms with Crippen LogP contribution in [0.15, 0.2) is 36.8 Å². The molecule has 1 fully saturated rings. The van der Waals surface area contributed by atoms with E-state index in [4.69, 9.17) is 4.74 Å². The maximum Gasteiger partial charge on any atom is 0.339 e. The average Bonchev–Trinajstić information content (AvgIpc) is 3.31. The highest BCUT2D eigenvalue weighted by Gasteiger charge is 2.30. The summed E-state index contributed by atoms with van der Waals surface area (Å²) in [5.74, 6) is -0.201. The molecule has 26 heavy (non-hydrogen) atoms.